The maximum atomic E-state index is 9.81. The highest BCUT2D eigenvalue weighted by molar-refractivity contribution is 6.31. The van der Waals surface area contributed by atoms with E-state index in [1.54, 1.807) is 7.05 Å². The normalized spacial score (nSPS) is 15.9. The zero-order chi connectivity index (χ0) is 10.9. The van der Waals surface area contributed by atoms with Crippen LogP contribution in [0.25, 0.3) is 0 Å². The van der Waals surface area contributed by atoms with E-state index < -0.39 is 12.2 Å². The number of nitrogens with zero attached hydrogens (tertiary/aromatic N) is 2. The highest BCUT2D eigenvalue weighted by atomic mass is 35.5. The summed E-state index contributed by atoms with van der Waals surface area (Å²) >= 11 is 5.83. The van der Waals surface area contributed by atoms with Crippen molar-refractivity contribution in [1.82, 2.24) is 9.78 Å². The van der Waals surface area contributed by atoms with Crippen molar-refractivity contribution in [3.63, 3.8) is 0 Å². The van der Waals surface area contributed by atoms with E-state index in [4.69, 9.17) is 11.6 Å². The van der Waals surface area contributed by atoms with Crippen LogP contribution in [0.1, 0.15) is 25.6 Å². The Morgan fingerprint density at radius 2 is 2.00 bits per heavy atom. The minimum Gasteiger partial charge on any atom is -0.390 e. The number of hydrogen-bond donors (Lipinski definition) is 2. The molecule has 2 atom stereocenters. The van der Waals surface area contributed by atoms with Crippen molar-refractivity contribution in [3.05, 3.63) is 16.9 Å². The molecular weight excluding hydrogens is 204 g/mol. The van der Waals surface area contributed by atoms with Gasteiger partial charge in [-0.05, 0) is 5.92 Å². The second kappa shape index (κ2) is 4.29. The zero-order valence-corrected chi connectivity index (χ0v) is 9.23. The Kier molecular flexibility index (Phi) is 3.53. The molecule has 2 unspecified atom stereocenters. The van der Waals surface area contributed by atoms with Gasteiger partial charge in [-0.1, -0.05) is 25.4 Å². The van der Waals surface area contributed by atoms with Gasteiger partial charge in [0.25, 0.3) is 0 Å². The van der Waals surface area contributed by atoms with Crippen LogP contribution in [0.4, 0.5) is 0 Å². The molecule has 0 aromatic carbocycles. The lowest BCUT2D eigenvalue weighted by atomic mass is 10.00. The van der Waals surface area contributed by atoms with E-state index in [1.165, 1.54) is 10.9 Å². The van der Waals surface area contributed by atoms with E-state index in [0.717, 1.165) is 0 Å². The van der Waals surface area contributed by atoms with Gasteiger partial charge in [-0.25, -0.2) is 0 Å². The van der Waals surface area contributed by atoms with Gasteiger partial charge < -0.3 is 10.2 Å². The molecule has 0 radical (unpaired) electrons. The van der Waals surface area contributed by atoms with Crippen molar-refractivity contribution in [1.29, 1.82) is 0 Å². The fourth-order valence-corrected chi connectivity index (χ4v) is 1.56. The van der Waals surface area contributed by atoms with Gasteiger partial charge >= 0.3 is 0 Å². The molecule has 0 fully saturated rings. The summed E-state index contributed by atoms with van der Waals surface area (Å²) in [5.41, 5.74) is 0.452. The first-order chi connectivity index (χ1) is 6.45. The minimum absolute atomic E-state index is 0.0315. The first-order valence-electron chi connectivity index (χ1n) is 4.48. The summed E-state index contributed by atoms with van der Waals surface area (Å²) < 4.78 is 1.47. The van der Waals surface area contributed by atoms with Gasteiger partial charge in [-0.2, -0.15) is 5.10 Å². The molecular formula is C9H15ClN2O2. The molecule has 0 saturated carbocycles. The fourth-order valence-electron chi connectivity index (χ4n) is 1.28. The van der Waals surface area contributed by atoms with Gasteiger partial charge in [0.15, 0.2) is 0 Å². The number of rotatable bonds is 3. The fraction of sp³-hybridized carbons (Fsp3) is 0.667. The van der Waals surface area contributed by atoms with E-state index in [9.17, 15) is 10.2 Å². The molecule has 0 aliphatic carbocycles. The Balaban J connectivity index is 2.94. The van der Waals surface area contributed by atoms with Crippen LogP contribution in [0.2, 0.25) is 5.02 Å². The quantitative estimate of drug-likeness (QED) is 0.800. The summed E-state index contributed by atoms with van der Waals surface area (Å²) in [4.78, 5) is 0. The van der Waals surface area contributed by atoms with Crippen LogP contribution in [-0.2, 0) is 7.05 Å². The average molecular weight is 219 g/mol. The summed E-state index contributed by atoms with van der Waals surface area (Å²) in [6, 6.07) is 0. The third-order valence-corrected chi connectivity index (χ3v) is 2.52. The molecule has 1 aromatic heterocycles. The number of aliphatic hydroxyl groups is 2. The first kappa shape index (κ1) is 11.5. The van der Waals surface area contributed by atoms with E-state index in [-0.39, 0.29) is 5.92 Å². The molecule has 0 saturated heterocycles. The molecule has 0 aliphatic rings. The molecule has 0 amide bonds. The molecule has 0 aliphatic heterocycles. The van der Waals surface area contributed by atoms with E-state index in [0.29, 0.717) is 10.7 Å². The highest BCUT2D eigenvalue weighted by Crippen LogP contribution is 2.27. The second-order valence-corrected chi connectivity index (χ2v) is 4.09. The SMILES string of the molecule is CC(C)C(O)C(O)c1c(Cl)cnn1C. The van der Waals surface area contributed by atoms with Gasteiger partial charge in [0, 0.05) is 7.05 Å². The highest BCUT2D eigenvalue weighted by Gasteiger charge is 2.26. The van der Waals surface area contributed by atoms with Crippen LogP contribution < -0.4 is 0 Å². The Morgan fingerprint density at radius 1 is 1.43 bits per heavy atom. The van der Waals surface area contributed by atoms with Gasteiger partial charge in [0.1, 0.15) is 6.10 Å². The lowest BCUT2D eigenvalue weighted by Crippen LogP contribution is -2.25. The van der Waals surface area contributed by atoms with Crippen LogP contribution in [0.5, 0.6) is 0 Å². The monoisotopic (exact) mass is 218 g/mol. The third kappa shape index (κ3) is 2.08. The van der Waals surface area contributed by atoms with Crippen molar-refractivity contribution >= 4 is 11.6 Å². The Morgan fingerprint density at radius 3 is 2.36 bits per heavy atom. The smallest absolute Gasteiger partial charge is 0.123 e. The lowest BCUT2D eigenvalue weighted by molar-refractivity contribution is -0.0135. The van der Waals surface area contributed by atoms with Crippen molar-refractivity contribution < 1.29 is 10.2 Å². The molecule has 0 spiro atoms. The maximum absolute atomic E-state index is 9.81. The second-order valence-electron chi connectivity index (χ2n) is 3.68. The topological polar surface area (TPSA) is 58.3 Å². The predicted octanol–water partition coefficient (Wildman–Crippen LogP) is 1.12. The van der Waals surface area contributed by atoms with Crippen LogP contribution in [0.15, 0.2) is 6.20 Å². The standard InChI is InChI=1S/C9H15ClN2O2/c1-5(2)8(13)9(14)7-6(10)4-11-12(7)3/h4-5,8-9,13-14H,1-3H3. The van der Waals surface area contributed by atoms with Crippen molar-refractivity contribution in [3.8, 4) is 0 Å². The van der Waals surface area contributed by atoms with Crippen LogP contribution in [-0.4, -0.2) is 26.1 Å². The Bertz CT molecular complexity index is 292. The number of aliphatic hydroxyl groups excluding tert-OH is 2. The van der Waals surface area contributed by atoms with Gasteiger partial charge in [0.2, 0.25) is 0 Å². The Hall–Kier alpha value is -0.580. The molecule has 14 heavy (non-hydrogen) atoms. The molecule has 5 heteroatoms. The number of hydrogen-bond acceptors (Lipinski definition) is 3. The molecule has 4 nitrogen and oxygen atoms in total. The zero-order valence-electron chi connectivity index (χ0n) is 8.48. The van der Waals surface area contributed by atoms with E-state index >= 15 is 0 Å². The maximum Gasteiger partial charge on any atom is 0.123 e. The molecule has 1 rings (SSSR count). The van der Waals surface area contributed by atoms with Gasteiger partial charge in [-0.3, -0.25) is 4.68 Å². The number of aromatic nitrogens is 2. The number of aryl methyl sites for hydroxylation is 1. The first-order valence-corrected chi connectivity index (χ1v) is 4.86. The number of halogens is 1. The average Bonchev–Trinajstić information content (AvgIpc) is 2.44. The summed E-state index contributed by atoms with van der Waals surface area (Å²) in [7, 11) is 1.68. The summed E-state index contributed by atoms with van der Waals surface area (Å²) in [5.74, 6) is -0.0315. The molecule has 1 heterocycles. The molecule has 2 N–H and O–H groups in total. The van der Waals surface area contributed by atoms with E-state index in [1.807, 2.05) is 13.8 Å². The molecule has 0 bridgehead atoms. The summed E-state index contributed by atoms with van der Waals surface area (Å²) in [5, 5.41) is 23.7. The van der Waals surface area contributed by atoms with Crippen molar-refractivity contribution in [2.45, 2.75) is 26.1 Å². The van der Waals surface area contributed by atoms with Gasteiger partial charge in [0.05, 0.1) is 23.0 Å². The van der Waals surface area contributed by atoms with Crippen molar-refractivity contribution in [2.75, 3.05) is 0 Å². The van der Waals surface area contributed by atoms with Gasteiger partial charge in [-0.15, -0.1) is 0 Å². The lowest BCUT2D eigenvalue weighted by Gasteiger charge is -2.21. The minimum atomic E-state index is -0.991. The van der Waals surface area contributed by atoms with Crippen LogP contribution in [0, 0.1) is 5.92 Å². The van der Waals surface area contributed by atoms with Crippen LogP contribution in [0.3, 0.4) is 0 Å². The predicted molar refractivity (Wildman–Crippen MR) is 54.0 cm³/mol. The molecule has 1 aromatic rings. The Labute approximate surface area is 88.1 Å². The third-order valence-electron chi connectivity index (χ3n) is 2.22. The largest absolute Gasteiger partial charge is 0.390 e. The van der Waals surface area contributed by atoms with Crippen molar-refractivity contribution in [2.24, 2.45) is 13.0 Å². The van der Waals surface area contributed by atoms with E-state index in [2.05, 4.69) is 5.10 Å². The summed E-state index contributed by atoms with van der Waals surface area (Å²) in [6.45, 7) is 3.66. The molecule has 80 valence electrons. The summed E-state index contributed by atoms with van der Waals surface area (Å²) in [6.07, 6.45) is -0.370. The van der Waals surface area contributed by atoms with Crippen LogP contribution >= 0.6 is 11.6 Å².